The average molecular weight is 368 g/mol. The van der Waals surface area contributed by atoms with Crippen molar-refractivity contribution < 1.29 is 14.3 Å². The first kappa shape index (κ1) is 17.3. The van der Waals surface area contributed by atoms with Crippen molar-refractivity contribution in [3.8, 4) is 0 Å². The Bertz CT molecular complexity index is 660. The molecule has 1 saturated heterocycles. The molecule has 1 aromatic rings. The second-order valence-corrected chi connectivity index (χ2v) is 8.11. The lowest BCUT2D eigenvalue weighted by Gasteiger charge is -2.43. The van der Waals surface area contributed by atoms with Gasteiger partial charge in [-0.3, -0.25) is 9.48 Å². The largest absolute Gasteiger partial charge is 0.378 e. The number of aryl methyl sites for hydroxylation is 1. The molecule has 25 heavy (non-hydrogen) atoms. The first-order valence-corrected chi connectivity index (χ1v) is 9.57. The Morgan fingerprint density at radius 3 is 2.84 bits per heavy atom. The minimum absolute atomic E-state index is 0.0287. The van der Waals surface area contributed by atoms with Crippen LogP contribution in [-0.4, -0.2) is 58.6 Å². The van der Waals surface area contributed by atoms with Crippen LogP contribution in [0.5, 0.6) is 0 Å². The van der Waals surface area contributed by atoms with Crippen LogP contribution in [0.3, 0.4) is 0 Å². The van der Waals surface area contributed by atoms with Gasteiger partial charge in [-0.2, -0.15) is 5.10 Å². The molecule has 1 aromatic heterocycles. The zero-order chi connectivity index (χ0) is 17.6. The van der Waals surface area contributed by atoms with E-state index in [9.17, 15) is 4.79 Å². The third kappa shape index (κ3) is 3.20. The summed E-state index contributed by atoms with van der Waals surface area (Å²) in [5.74, 6) is 0.653. The van der Waals surface area contributed by atoms with E-state index in [2.05, 4.69) is 5.10 Å². The second kappa shape index (κ2) is 6.56. The molecule has 0 spiro atoms. The molecule has 3 atom stereocenters. The van der Waals surface area contributed by atoms with Crippen LogP contribution in [0.25, 0.3) is 0 Å². The summed E-state index contributed by atoms with van der Waals surface area (Å²) in [6.45, 7) is 1.54. The number of halogens is 1. The molecule has 0 radical (unpaired) electrons. The molecule has 1 amide bonds. The van der Waals surface area contributed by atoms with E-state index < -0.39 is 0 Å². The van der Waals surface area contributed by atoms with Gasteiger partial charge in [-0.1, -0.05) is 11.6 Å². The van der Waals surface area contributed by atoms with Gasteiger partial charge in [0.25, 0.3) is 5.91 Å². The number of hydrogen-bond donors (Lipinski definition) is 0. The molecular weight excluding hydrogens is 342 g/mol. The van der Waals surface area contributed by atoms with E-state index >= 15 is 0 Å². The van der Waals surface area contributed by atoms with Crippen LogP contribution in [0.1, 0.15) is 49.0 Å². The van der Waals surface area contributed by atoms with Crippen molar-refractivity contribution in [1.82, 2.24) is 14.7 Å². The third-order valence-corrected chi connectivity index (χ3v) is 6.33. The molecule has 6 nitrogen and oxygen atoms in total. The summed E-state index contributed by atoms with van der Waals surface area (Å²) < 4.78 is 13.6. The van der Waals surface area contributed by atoms with Gasteiger partial charge in [0.2, 0.25) is 0 Å². The first-order chi connectivity index (χ1) is 12.0. The Kier molecular flexibility index (Phi) is 4.54. The number of ether oxygens (including phenoxy) is 2. The van der Waals surface area contributed by atoms with Gasteiger partial charge in [-0.15, -0.1) is 0 Å². The summed E-state index contributed by atoms with van der Waals surface area (Å²) in [5, 5.41) is 4.65. The number of nitrogens with zero attached hydrogens (tertiary/aromatic N) is 3. The van der Waals surface area contributed by atoms with E-state index in [0.717, 1.165) is 38.2 Å². The number of methoxy groups -OCH3 is 1. The fourth-order valence-electron chi connectivity index (χ4n) is 4.35. The Morgan fingerprint density at radius 1 is 1.40 bits per heavy atom. The molecule has 7 heteroatoms. The number of carbonyl (C=O) groups is 1. The predicted octanol–water partition coefficient (Wildman–Crippen LogP) is 2.65. The maximum atomic E-state index is 13.0. The standard InChI is InChI=1S/C18H26ClN3O3/c1-21-10-14(19)16(20-21)17(23)22-8-7-18(24-2)6-5-13(9-15(18)22)25-11-12-3-4-12/h10,12-13,15H,3-9,11H2,1-2H3. The molecule has 0 bridgehead atoms. The number of likely N-dealkylation sites (tertiary alicyclic amines) is 1. The summed E-state index contributed by atoms with van der Waals surface area (Å²) in [5.41, 5.74) is 0.0770. The molecule has 1 aliphatic heterocycles. The maximum absolute atomic E-state index is 13.0. The Balaban J connectivity index is 1.51. The van der Waals surface area contributed by atoms with Gasteiger partial charge in [0.1, 0.15) is 0 Å². The van der Waals surface area contributed by atoms with Gasteiger partial charge < -0.3 is 14.4 Å². The molecule has 4 rings (SSSR count). The zero-order valence-corrected chi connectivity index (χ0v) is 15.7. The molecule has 2 aliphatic carbocycles. The SMILES string of the molecule is COC12CCC(OCC3CC3)CC1N(C(=O)c1nn(C)cc1Cl)CC2. The van der Waals surface area contributed by atoms with Crippen molar-refractivity contribution >= 4 is 17.5 Å². The summed E-state index contributed by atoms with van der Waals surface area (Å²) in [7, 11) is 3.54. The number of carbonyl (C=O) groups excluding carboxylic acids is 1. The molecule has 2 saturated carbocycles. The quantitative estimate of drug-likeness (QED) is 0.802. The van der Waals surface area contributed by atoms with Crippen molar-refractivity contribution in [2.45, 2.75) is 56.3 Å². The number of rotatable bonds is 5. The molecule has 3 fully saturated rings. The van der Waals surface area contributed by atoms with E-state index in [1.54, 1.807) is 25.0 Å². The molecule has 3 unspecified atom stereocenters. The number of amides is 1. The highest BCUT2D eigenvalue weighted by Gasteiger charge is 2.53. The summed E-state index contributed by atoms with van der Waals surface area (Å²) in [6, 6.07) is 0.0287. The average Bonchev–Trinajstić information content (AvgIpc) is 3.27. The monoisotopic (exact) mass is 367 g/mol. The van der Waals surface area contributed by atoms with E-state index in [1.807, 2.05) is 4.90 Å². The van der Waals surface area contributed by atoms with Gasteiger partial charge in [-0.25, -0.2) is 0 Å². The van der Waals surface area contributed by atoms with E-state index in [4.69, 9.17) is 21.1 Å². The molecule has 138 valence electrons. The van der Waals surface area contributed by atoms with E-state index in [0.29, 0.717) is 17.3 Å². The minimum atomic E-state index is -0.254. The Labute approximate surface area is 153 Å². The summed E-state index contributed by atoms with van der Waals surface area (Å²) in [6.07, 6.45) is 8.09. The number of fused-ring (bicyclic) bond motifs is 1. The van der Waals surface area contributed by atoms with Crippen molar-refractivity contribution in [2.75, 3.05) is 20.3 Å². The molecule has 0 aromatic carbocycles. The molecule has 0 N–H and O–H groups in total. The molecule has 2 heterocycles. The van der Waals surface area contributed by atoms with Crippen molar-refractivity contribution in [3.05, 3.63) is 16.9 Å². The number of aromatic nitrogens is 2. The highest BCUT2D eigenvalue weighted by Crippen LogP contribution is 2.44. The van der Waals surface area contributed by atoms with Crippen LogP contribution in [0, 0.1) is 5.92 Å². The van der Waals surface area contributed by atoms with Crippen molar-refractivity contribution in [2.24, 2.45) is 13.0 Å². The van der Waals surface area contributed by atoms with Crippen LogP contribution < -0.4 is 0 Å². The third-order valence-electron chi connectivity index (χ3n) is 6.05. The Hall–Kier alpha value is -1.11. The van der Waals surface area contributed by atoms with Gasteiger partial charge >= 0.3 is 0 Å². The first-order valence-electron chi connectivity index (χ1n) is 9.19. The molecule has 3 aliphatic rings. The summed E-state index contributed by atoms with van der Waals surface area (Å²) >= 11 is 6.20. The topological polar surface area (TPSA) is 56.6 Å². The smallest absolute Gasteiger partial charge is 0.276 e. The van der Waals surface area contributed by atoms with Crippen molar-refractivity contribution in [3.63, 3.8) is 0 Å². The van der Waals surface area contributed by atoms with E-state index in [1.165, 1.54) is 12.8 Å². The predicted molar refractivity (Wildman–Crippen MR) is 93.7 cm³/mol. The Morgan fingerprint density at radius 2 is 2.20 bits per heavy atom. The van der Waals surface area contributed by atoms with Gasteiger partial charge in [0.15, 0.2) is 5.69 Å². The minimum Gasteiger partial charge on any atom is -0.378 e. The summed E-state index contributed by atoms with van der Waals surface area (Å²) in [4.78, 5) is 15.0. The lowest BCUT2D eigenvalue weighted by Crippen LogP contribution is -2.53. The highest BCUT2D eigenvalue weighted by atomic mass is 35.5. The lowest BCUT2D eigenvalue weighted by atomic mass is 9.79. The highest BCUT2D eigenvalue weighted by molar-refractivity contribution is 6.33. The van der Waals surface area contributed by atoms with Crippen LogP contribution in [0.4, 0.5) is 0 Å². The lowest BCUT2D eigenvalue weighted by molar-refractivity contribution is -0.0977. The number of hydrogen-bond acceptors (Lipinski definition) is 4. The molecular formula is C18H26ClN3O3. The van der Waals surface area contributed by atoms with Crippen LogP contribution in [0.2, 0.25) is 5.02 Å². The van der Waals surface area contributed by atoms with Gasteiger partial charge in [-0.05, 0) is 44.4 Å². The van der Waals surface area contributed by atoms with Crippen LogP contribution >= 0.6 is 11.6 Å². The van der Waals surface area contributed by atoms with Crippen molar-refractivity contribution in [1.29, 1.82) is 0 Å². The fraction of sp³-hybridized carbons (Fsp3) is 0.778. The van der Waals surface area contributed by atoms with Gasteiger partial charge in [0.05, 0.1) is 22.8 Å². The normalized spacial score (nSPS) is 32.0. The van der Waals surface area contributed by atoms with Gasteiger partial charge in [0, 0.05) is 33.5 Å². The van der Waals surface area contributed by atoms with Crippen LogP contribution in [0.15, 0.2) is 6.20 Å². The van der Waals surface area contributed by atoms with Crippen LogP contribution in [-0.2, 0) is 16.5 Å². The maximum Gasteiger partial charge on any atom is 0.276 e. The second-order valence-electron chi connectivity index (χ2n) is 7.71. The van der Waals surface area contributed by atoms with E-state index in [-0.39, 0.29) is 23.7 Å². The zero-order valence-electron chi connectivity index (χ0n) is 14.9. The fourth-order valence-corrected chi connectivity index (χ4v) is 4.61.